The van der Waals surface area contributed by atoms with Crippen LogP contribution in [0.4, 0.5) is 17.1 Å². The SMILES string of the molecule is [2H]c1c([2H])c([2H])c(-c2c([2H])c([2H])c(N(c3ccc4c(sc5ccccc54)c3-c3ccccc3-n3c4ccccc4c4ccccc43)c3c([2H])c([2H])c(-c4c([2H])c([2H])c([2H])c([2H])c4[2H])c([2H])c3[2H])c([2H])c2[2H])c([2H])c1[2H]. The Morgan fingerprint density at radius 3 is 1.51 bits per heavy atom. The van der Waals surface area contributed by atoms with Crippen LogP contribution in [0.15, 0.2) is 218 Å². The average molecular weight is 763 g/mol. The van der Waals surface area contributed by atoms with Crippen molar-refractivity contribution in [3.63, 3.8) is 0 Å². The molecule has 11 rings (SSSR count). The molecule has 0 bridgehead atoms. The van der Waals surface area contributed by atoms with E-state index in [9.17, 15) is 11.0 Å². The van der Waals surface area contributed by atoms with Crippen molar-refractivity contribution in [1.29, 1.82) is 0 Å². The molecule has 2 aromatic heterocycles. The van der Waals surface area contributed by atoms with Crippen LogP contribution in [0.2, 0.25) is 0 Å². The molecule has 3 heteroatoms. The molecule has 9 aromatic carbocycles. The van der Waals surface area contributed by atoms with Gasteiger partial charge in [-0.3, -0.25) is 0 Å². The summed E-state index contributed by atoms with van der Waals surface area (Å²) in [6.07, 6.45) is 0. The second-order valence-corrected chi connectivity index (χ2v) is 14.2. The number of nitrogens with zero attached hydrogens (tertiary/aromatic N) is 2. The number of benzene rings is 9. The molecule has 0 amide bonds. The molecule has 0 fully saturated rings. The first-order chi connectivity index (χ1) is 35.8. The zero-order chi connectivity index (χ0) is 53.4. The number of para-hydroxylation sites is 3. The van der Waals surface area contributed by atoms with Crippen LogP contribution < -0.4 is 4.90 Å². The predicted octanol–water partition coefficient (Wildman–Crippen LogP) is 15.6. The van der Waals surface area contributed by atoms with E-state index in [1.54, 1.807) is 12.1 Å². The second-order valence-electron chi connectivity index (χ2n) is 13.1. The van der Waals surface area contributed by atoms with Gasteiger partial charge in [-0.05, 0) is 76.8 Å². The molecule has 2 nitrogen and oxygen atoms in total. The van der Waals surface area contributed by atoms with E-state index in [1.807, 2.05) is 97.1 Å². The van der Waals surface area contributed by atoms with E-state index in [-0.39, 0.29) is 5.69 Å². The smallest absolute Gasteiger partial charge is 0.0645 e. The van der Waals surface area contributed by atoms with E-state index in [2.05, 4.69) is 4.57 Å². The molecule has 0 saturated carbocycles. The van der Waals surface area contributed by atoms with Crippen molar-refractivity contribution < 1.29 is 24.7 Å². The molecule has 0 atom stereocenters. The first-order valence-corrected chi connectivity index (χ1v) is 18.8. The molecule has 0 aliphatic heterocycles. The predicted molar refractivity (Wildman–Crippen MR) is 245 cm³/mol. The van der Waals surface area contributed by atoms with Crippen molar-refractivity contribution in [3.8, 4) is 39.1 Å². The van der Waals surface area contributed by atoms with Gasteiger partial charge in [0.1, 0.15) is 0 Å². The molecule has 2 heterocycles. The van der Waals surface area contributed by atoms with Gasteiger partial charge in [-0.1, -0.05) is 163 Å². The van der Waals surface area contributed by atoms with Crippen LogP contribution in [0.3, 0.4) is 0 Å². The summed E-state index contributed by atoms with van der Waals surface area (Å²) in [4.78, 5) is 1.11. The monoisotopic (exact) mass is 762 g/mol. The first kappa shape index (κ1) is 19.6. The van der Waals surface area contributed by atoms with Crippen molar-refractivity contribution in [1.82, 2.24) is 4.57 Å². The Hall–Kier alpha value is -7.20. The highest BCUT2D eigenvalue weighted by molar-refractivity contribution is 7.26. The summed E-state index contributed by atoms with van der Waals surface area (Å²) >= 11 is 1.40. The third-order valence-electron chi connectivity index (χ3n) is 9.93. The van der Waals surface area contributed by atoms with Gasteiger partial charge in [0.15, 0.2) is 0 Å². The molecule has 0 radical (unpaired) electrons. The summed E-state index contributed by atoms with van der Waals surface area (Å²) in [5.74, 6) is 0. The Morgan fingerprint density at radius 2 is 0.912 bits per heavy atom. The Labute approximate surface area is 361 Å². The quantitative estimate of drug-likeness (QED) is 0.157. The van der Waals surface area contributed by atoms with Gasteiger partial charge < -0.3 is 9.47 Å². The lowest BCUT2D eigenvalue weighted by Crippen LogP contribution is -2.12. The normalized spacial score (nSPS) is 15.9. The number of thiophene rings is 1. The fourth-order valence-electron chi connectivity index (χ4n) is 7.48. The highest BCUT2D eigenvalue weighted by Crippen LogP contribution is 2.50. The van der Waals surface area contributed by atoms with Crippen LogP contribution in [0.25, 0.3) is 81.0 Å². The third kappa shape index (κ3) is 5.63. The Morgan fingerprint density at radius 1 is 0.421 bits per heavy atom. The minimum Gasteiger partial charge on any atom is -0.310 e. The maximum atomic E-state index is 9.84. The fourth-order valence-corrected chi connectivity index (χ4v) is 8.73. The van der Waals surface area contributed by atoms with E-state index in [0.29, 0.717) is 21.5 Å². The maximum absolute atomic E-state index is 9.84. The van der Waals surface area contributed by atoms with Crippen LogP contribution in [0, 0.1) is 0 Å². The van der Waals surface area contributed by atoms with Gasteiger partial charge in [-0.2, -0.15) is 0 Å². The minimum absolute atomic E-state index is 0.0509. The maximum Gasteiger partial charge on any atom is 0.0645 e. The Bertz CT molecular complexity index is 4010. The molecule has 11 aromatic rings. The van der Waals surface area contributed by atoms with Gasteiger partial charge in [0, 0.05) is 53.4 Å². The number of anilines is 3. The van der Waals surface area contributed by atoms with Gasteiger partial charge in [-0.15, -0.1) is 11.3 Å². The lowest BCUT2D eigenvalue weighted by Gasteiger charge is -2.29. The van der Waals surface area contributed by atoms with Crippen LogP contribution in [-0.2, 0) is 0 Å². The largest absolute Gasteiger partial charge is 0.310 e. The van der Waals surface area contributed by atoms with Crippen molar-refractivity contribution in [2.45, 2.75) is 0 Å². The molecular weight excluding hydrogens is 709 g/mol. The van der Waals surface area contributed by atoms with E-state index in [1.165, 1.54) is 11.3 Å². The molecule has 0 aliphatic carbocycles. The van der Waals surface area contributed by atoms with Gasteiger partial charge in [0.25, 0.3) is 0 Å². The van der Waals surface area contributed by atoms with Crippen LogP contribution in [0.1, 0.15) is 24.7 Å². The highest BCUT2D eigenvalue weighted by Gasteiger charge is 2.25. The van der Waals surface area contributed by atoms with Crippen molar-refractivity contribution in [2.75, 3.05) is 4.90 Å². The topological polar surface area (TPSA) is 8.17 Å². The molecule has 0 N–H and O–H groups in total. The zero-order valence-electron chi connectivity index (χ0n) is 47.7. The molecule has 268 valence electrons. The second kappa shape index (κ2) is 13.8. The molecule has 0 aliphatic rings. The van der Waals surface area contributed by atoms with Crippen molar-refractivity contribution in [2.24, 2.45) is 0 Å². The molecule has 0 spiro atoms. The summed E-state index contributed by atoms with van der Waals surface area (Å²) in [5.41, 5.74) is -0.311. The van der Waals surface area contributed by atoms with E-state index < -0.39 is 142 Å². The summed E-state index contributed by atoms with van der Waals surface area (Å²) in [5, 5.41) is 3.54. The molecule has 0 unspecified atom stereocenters. The Kier molecular flexibility index (Phi) is 4.75. The zero-order valence-corrected chi connectivity index (χ0v) is 30.5. The Balaban J connectivity index is 1.32. The third-order valence-corrected chi connectivity index (χ3v) is 11.1. The summed E-state index contributed by atoms with van der Waals surface area (Å²) in [6.45, 7) is 0. The van der Waals surface area contributed by atoms with Crippen molar-refractivity contribution in [3.05, 3.63) is 218 Å². The highest BCUT2D eigenvalue weighted by atomic mass is 32.1. The fraction of sp³-hybridized carbons (Fsp3) is 0. The average Bonchev–Trinajstić information content (AvgIpc) is 3.99. The number of fused-ring (bicyclic) bond motifs is 6. The minimum atomic E-state index is -0.851. The van der Waals surface area contributed by atoms with Gasteiger partial charge in [0.05, 0.1) is 47.1 Å². The van der Waals surface area contributed by atoms with Crippen molar-refractivity contribution >= 4 is 70.4 Å². The summed E-state index contributed by atoms with van der Waals surface area (Å²) < 4.78 is 166. The van der Waals surface area contributed by atoms with E-state index in [4.69, 9.17) is 13.7 Å². The molecule has 57 heavy (non-hydrogen) atoms. The summed E-state index contributed by atoms with van der Waals surface area (Å²) in [6, 6.07) is 19.8. The van der Waals surface area contributed by atoms with Gasteiger partial charge in [0.2, 0.25) is 0 Å². The summed E-state index contributed by atoms with van der Waals surface area (Å²) in [7, 11) is 0. The number of hydrogen-bond acceptors (Lipinski definition) is 2. The van der Waals surface area contributed by atoms with Crippen LogP contribution >= 0.6 is 11.3 Å². The number of hydrogen-bond donors (Lipinski definition) is 0. The van der Waals surface area contributed by atoms with Gasteiger partial charge >= 0.3 is 0 Å². The molecular formula is C54H36N2S. The molecule has 0 saturated heterocycles. The van der Waals surface area contributed by atoms with Crippen LogP contribution in [-0.4, -0.2) is 4.57 Å². The number of rotatable bonds is 7. The van der Waals surface area contributed by atoms with E-state index >= 15 is 0 Å². The van der Waals surface area contributed by atoms with E-state index in [0.717, 1.165) is 42.2 Å². The van der Waals surface area contributed by atoms with Gasteiger partial charge in [-0.25, -0.2) is 0 Å². The lowest BCUT2D eigenvalue weighted by atomic mass is 9.96. The first-order valence-electron chi connectivity index (χ1n) is 27.0. The lowest BCUT2D eigenvalue weighted by molar-refractivity contribution is 1.18. The van der Waals surface area contributed by atoms with Crippen LogP contribution in [0.5, 0.6) is 0 Å². The number of aromatic nitrogens is 1. The standard InChI is InChI=1S/C54H36N2S/c1-3-15-37(16-4-1)39-27-31-41(32-28-39)55(42-33-29-40(30-34-42)38-17-5-2-6-18-38)51-36-35-46-45-21-10-14-26-52(45)57-54(46)53(51)47-22-9-13-25-50(47)56-48-23-11-7-19-43(48)44-20-8-12-24-49(44)56/h1-36H/i1D,2D,3D,4D,5D,6D,15D,16D,17D,18D,27D,28D,29D,30D,31D,32D,33D,34D.